The summed E-state index contributed by atoms with van der Waals surface area (Å²) in [4.78, 5) is 16.6. The molecule has 4 rings (SSSR count). The lowest BCUT2D eigenvalue weighted by molar-refractivity contribution is 0.0699. The quantitative estimate of drug-likeness (QED) is 0.598. The van der Waals surface area contributed by atoms with Crippen molar-refractivity contribution in [1.82, 2.24) is 14.8 Å². The molecule has 2 heterocycles. The van der Waals surface area contributed by atoms with E-state index >= 15 is 0 Å². The van der Waals surface area contributed by atoms with Gasteiger partial charge in [0.2, 0.25) is 0 Å². The molecule has 0 aliphatic heterocycles. The number of pyridine rings is 1. The molecule has 0 saturated heterocycles. The number of hydrogen-bond donors (Lipinski definition) is 1. The highest BCUT2D eigenvalue weighted by Crippen LogP contribution is 2.28. The molecule has 0 amide bonds. The van der Waals surface area contributed by atoms with Gasteiger partial charge < -0.3 is 5.11 Å². The Morgan fingerprint density at radius 1 is 1.00 bits per heavy atom. The van der Waals surface area contributed by atoms with Crippen molar-refractivity contribution >= 4 is 17.0 Å². The highest BCUT2D eigenvalue weighted by molar-refractivity contribution is 6.04. The maximum absolute atomic E-state index is 11.9. The van der Waals surface area contributed by atoms with Gasteiger partial charge in [0.25, 0.3) is 0 Å². The molecule has 0 aliphatic carbocycles. The minimum absolute atomic E-state index is 0.213. The van der Waals surface area contributed by atoms with Crippen LogP contribution < -0.4 is 0 Å². The van der Waals surface area contributed by atoms with Crippen LogP contribution in [-0.4, -0.2) is 25.8 Å². The van der Waals surface area contributed by atoms with Crippen LogP contribution in [0.3, 0.4) is 0 Å². The third kappa shape index (κ3) is 2.63. The van der Waals surface area contributed by atoms with Crippen molar-refractivity contribution in [2.24, 2.45) is 0 Å². The average Bonchev–Trinajstić information content (AvgIpc) is 2.99. The molecule has 4 aromatic rings. The summed E-state index contributed by atoms with van der Waals surface area (Å²) in [5.41, 5.74) is 4.88. The molecule has 0 unspecified atom stereocenters. The minimum atomic E-state index is -0.985. The van der Waals surface area contributed by atoms with E-state index in [2.05, 4.69) is 5.10 Å². The van der Waals surface area contributed by atoms with Crippen molar-refractivity contribution in [3.05, 3.63) is 77.5 Å². The van der Waals surface area contributed by atoms with Crippen LogP contribution in [0.15, 0.2) is 60.7 Å². The van der Waals surface area contributed by atoms with E-state index in [1.54, 1.807) is 10.7 Å². The Kier molecular flexibility index (Phi) is 3.77. The third-order valence-electron chi connectivity index (χ3n) is 4.39. The van der Waals surface area contributed by atoms with Gasteiger partial charge in [-0.3, -0.25) is 0 Å². The lowest BCUT2D eigenvalue weighted by atomic mass is 10.1. The van der Waals surface area contributed by atoms with E-state index in [9.17, 15) is 9.90 Å². The summed E-state index contributed by atoms with van der Waals surface area (Å²) in [7, 11) is 0. The van der Waals surface area contributed by atoms with E-state index in [0.29, 0.717) is 22.4 Å². The highest BCUT2D eigenvalue weighted by Gasteiger charge is 2.20. The van der Waals surface area contributed by atoms with Gasteiger partial charge in [0, 0.05) is 5.56 Å². The number of carboxylic acid groups (broad SMARTS) is 1. The molecule has 2 aromatic carbocycles. The first kappa shape index (κ1) is 16.0. The summed E-state index contributed by atoms with van der Waals surface area (Å²) in [6.45, 7) is 3.83. The normalized spacial score (nSPS) is 11.0. The zero-order valence-corrected chi connectivity index (χ0v) is 14.5. The zero-order chi connectivity index (χ0) is 18.3. The molecule has 0 atom stereocenters. The lowest BCUT2D eigenvalue weighted by Crippen LogP contribution is -2.02. The molecule has 5 heteroatoms. The Bertz CT molecular complexity index is 1110. The van der Waals surface area contributed by atoms with E-state index in [1.807, 2.05) is 68.4 Å². The van der Waals surface area contributed by atoms with E-state index in [-0.39, 0.29) is 5.56 Å². The molecule has 0 bridgehead atoms. The molecule has 0 fully saturated rings. The Balaban J connectivity index is 2.04. The van der Waals surface area contributed by atoms with E-state index in [0.717, 1.165) is 16.8 Å². The number of aromatic carboxylic acids is 1. The summed E-state index contributed by atoms with van der Waals surface area (Å²) >= 11 is 0. The monoisotopic (exact) mass is 343 g/mol. The molecule has 0 saturated carbocycles. The van der Waals surface area contributed by atoms with E-state index in [1.165, 1.54) is 0 Å². The predicted octanol–water partition coefficient (Wildman–Crippen LogP) is 4.40. The van der Waals surface area contributed by atoms with Gasteiger partial charge in [0.05, 0.1) is 28.0 Å². The second kappa shape index (κ2) is 6.11. The maximum atomic E-state index is 11.9. The number of hydrogen-bond acceptors (Lipinski definition) is 3. The second-order valence-corrected chi connectivity index (χ2v) is 6.26. The van der Waals surface area contributed by atoms with E-state index < -0.39 is 5.97 Å². The van der Waals surface area contributed by atoms with Gasteiger partial charge in [-0.25, -0.2) is 14.5 Å². The zero-order valence-electron chi connectivity index (χ0n) is 14.5. The Morgan fingerprint density at radius 3 is 2.35 bits per heavy atom. The fourth-order valence-corrected chi connectivity index (χ4v) is 3.08. The SMILES string of the molecule is Cc1ccc(-n2nc(C)c3c(C(=O)O)cc(-c4ccccc4)nc32)cc1. The number of aromatic nitrogens is 3. The number of nitrogens with zero attached hydrogens (tertiary/aromatic N) is 3. The van der Waals surface area contributed by atoms with Gasteiger partial charge in [-0.1, -0.05) is 48.0 Å². The van der Waals surface area contributed by atoms with Crippen LogP contribution in [0.5, 0.6) is 0 Å². The number of aryl methyl sites for hydroxylation is 2. The van der Waals surface area contributed by atoms with Gasteiger partial charge in [-0.15, -0.1) is 0 Å². The van der Waals surface area contributed by atoms with E-state index in [4.69, 9.17) is 4.98 Å². The molecule has 0 spiro atoms. The number of fused-ring (bicyclic) bond motifs is 1. The fourth-order valence-electron chi connectivity index (χ4n) is 3.08. The summed E-state index contributed by atoms with van der Waals surface area (Å²) in [5, 5.41) is 14.9. The second-order valence-electron chi connectivity index (χ2n) is 6.26. The van der Waals surface area contributed by atoms with Crippen molar-refractivity contribution in [3.63, 3.8) is 0 Å². The van der Waals surface area contributed by atoms with Gasteiger partial charge >= 0.3 is 5.97 Å². The number of carbonyl (C=O) groups is 1. The molecule has 0 radical (unpaired) electrons. The van der Waals surface area contributed by atoms with Crippen molar-refractivity contribution in [2.75, 3.05) is 0 Å². The van der Waals surface area contributed by atoms with Crippen molar-refractivity contribution in [1.29, 1.82) is 0 Å². The fraction of sp³-hybridized carbons (Fsp3) is 0.0952. The van der Waals surface area contributed by atoms with Crippen LogP contribution in [-0.2, 0) is 0 Å². The van der Waals surface area contributed by atoms with Crippen LogP contribution in [0.4, 0.5) is 0 Å². The van der Waals surface area contributed by atoms with Crippen LogP contribution in [0.2, 0.25) is 0 Å². The molecule has 5 nitrogen and oxygen atoms in total. The first-order chi connectivity index (χ1) is 12.5. The van der Waals surface area contributed by atoms with Crippen LogP contribution in [0, 0.1) is 13.8 Å². The van der Waals surface area contributed by atoms with Gasteiger partial charge in [-0.2, -0.15) is 5.10 Å². The number of benzene rings is 2. The summed E-state index contributed by atoms with van der Waals surface area (Å²) < 4.78 is 1.71. The highest BCUT2D eigenvalue weighted by atomic mass is 16.4. The van der Waals surface area contributed by atoms with Crippen molar-refractivity contribution < 1.29 is 9.90 Å². The number of rotatable bonds is 3. The minimum Gasteiger partial charge on any atom is -0.478 e. The Hall–Kier alpha value is -3.47. The molecule has 128 valence electrons. The average molecular weight is 343 g/mol. The van der Waals surface area contributed by atoms with Crippen LogP contribution in [0.25, 0.3) is 28.0 Å². The van der Waals surface area contributed by atoms with Crippen LogP contribution in [0.1, 0.15) is 21.6 Å². The smallest absolute Gasteiger partial charge is 0.336 e. The lowest BCUT2D eigenvalue weighted by Gasteiger charge is -2.07. The van der Waals surface area contributed by atoms with Gasteiger partial charge in [0.15, 0.2) is 5.65 Å². The molecule has 26 heavy (non-hydrogen) atoms. The summed E-state index contributed by atoms with van der Waals surface area (Å²) in [6.07, 6.45) is 0. The first-order valence-corrected chi connectivity index (χ1v) is 8.31. The van der Waals surface area contributed by atoms with Crippen molar-refractivity contribution in [2.45, 2.75) is 13.8 Å². The topological polar surface area (TPSA) is 68.0 Å². The predicted molar refractivity (Wildman–Crippen MR) is 101 cm³/mol. The molecule has 1 N–H and O–H groups in total. The first-order valence-electron chi connectivity index (χ1n) is 8.31. The Morgan fingerprint density at radius 2 is 1.69 bits per heavy atom. The third-order valence-corrected chi connectivity index (χ3v) is 4.39. The molecule has 2 aromatic heterocycles. The van der Waals surface area contributed by atoms with Gasteiger partial charge in [0.1, 0.15) is 0 Å². The molecular formula is C21H17N3O2. The largest absolute Gasteiger partial charge is 0.478 e. The summed E-state index contributed by atoms with van der Waals surface area (Å²) in [6, 6.07) is 19.1. The molecular weight excluding hydrogens is 326 g/mol. The Labute approximate surface area is 150 Å². The van der Waals surface area contributed by atoms with Crippen LogP contribution >= 0.6 is 0 Å². The number of carboxylic acids is 1. The van der Waals surface area contributed by atoms with Crippen molar-refractivity contribution in [3.8, 4) is 16.9 Å². The summed E-state index contributed by atoms with van der Waals surface area (Å²) in [5.74, 6) is -0.985. The molecule has 0 aliphatic rings. The van der Waals surface area contributed by atoms with Gasteiger partial charge in [-0.05, 0) is 32.0 Å². The standard InChI is InChI=1S/C21H17N3O2/c1-13-8-10-16(11-9-13)24-20-19(14(2)23-24)17(21(25)26)12-18(22-20)15-6-4-3-5-7-15/h3-12H,1-2H3,(H,25,26). The maximum Gasteiger partial charge on any atom is 0.336 e.